The summed E-state index contributed by atoms with van der Waals surface area (Å²) in [5.41, 5.74) is 1.34. The van der Waals surface area contributed by atoms with E-state index in [1.807, 2.05) is 31.2 Å². The van der Waals surface area contributed by atoms with E-state index in [0.717, 1.165) is 17.2 Å². The summed E-state index contributed by atoms with van der Waals surface area (Å²) < 4.78 is 40.8. The van der Waals surface area contributed by atoms with Crippen LogP contribution in [0.1, 0.15) is 23.6 Å². The number of anilines is 2. The SMILES string of the molecule is Cc1ccc(-c2cnn3c2NC(=O)C3CC(=O)Nc2ccccc2C(F)(F)F)cc1. The number of nitrogens with zero attached hydrogens (tertiary/aromatic N) is 2. The van der Waals surface area contributed by atoms with Gasteiger partial charge in [-0.15, -0.1) is 0 Å². The van der Waals surface area contributed by atoms with Crippen LogP contribution in [0.15, 0.2) is 54.7 Å². The number of amides is 2. The molecule has 2 heterocycles. The van der Waals surface area contributed by atoms with Gasteiger partial charge in [-0.1, -0.05) is 42.0 Å². The summed E-state index contributed by atoms with van der Waals surface area (Å²) in [5, 5.41) is 9.19. The first-order chi connectivity index (χ1) is 14.2. The average molecular weight is 414 g/mol. The maximum absolute atomic E-state index is 13.1. The highest BCUT2D eigenvalue weighted by Crippen LogP contribution is 2.37. The molecule has 0 saturated carbocycles. The van der Waals surface area contributed by atoms with E-state index < -0.39 is 29.6 Å². The lowest BCUT2D eigenvalue weighted by atomic mass is 10.1. The van der Waals surface area contributed by atoms with Crippen molar-refractivity contribution < 1.29 is 22.8 Å². The number of para-hydroxylation sites is 1. The Morgan fingerprint density at radius 1 is 1.17 bits per heavy atom. The van der Waals surface area contributed by atoms with Crippen molar-refractivity contribution in [3.05, 3.63) is 65.9 Å². The standard InChI is InChI=1S/C21H17F3N4O2/c1-12-6-8-13(9-7-12)14-11-25-28-17(20(30)27-19(14)28)10-18(29)26-16-5-3-2-4-15(16)21(22,23)24/h2-9,11,17H,10H2,1H3,(H,26,29)(H,27,30). The Hall–Kier alpha value is -3.62. The number of nitrogens with one attached hydrogen (secondary N) is 2. The van der Waals surface area contributed by atoms with Crippen LogP contribution in [0, 0.1) is 6.92 Å². The number of alkyl halides is 3. The van der Waals surface area contributed by atoms with E-state index in [2.05, 4.69) is 15.7 Å². The Labute approximate surface area is 169 Å². The maximum atomic E-state index is 13.1. The lowest BCUT2D eigenvalue weighted by Gasteiger charge is -2.14. The molecule has 0 aliphatic carbocycles. The molecule has 1 aliphatic rings. The van der Waals surface area contributed by atoms with Gasteiger partial charge in [-0.2, -0.15) is 18.3 Å². The maximum Gasteiger partial charge on any atom is 0.418 e. The van der Waals surface area contributed by atoms with Crippen molar-refractivity contribution in [1.82, 2.24) is 9.78 Å². The summed E-state index contributed by atoms with van der Waals surface area (Å²) in [5.74, 6) is -0.699. The van der Waals surface area contributed by atoms with E-state index in [-0.39, 0.29) is 12.1 Å². The molecule has 0 radical (unpaired) electrons. The average Bonchev–Trinajstić information content (AvgIpc) is 3.22. The number of benzene rings is 2. The fourth-order valence-corrected chi connectivity index (χ4v) is 3.37. The molecule has 0 bridgehead atoms. The Morgan fingerprint density at radius 3 is 2.57 bits per heavy atom. The Kier molecular flexibility index (Phi) is 4.81. The molecule has 3 aromatic rings. The van der Waals surface area contributed by atoms with Gasteiger partial charge in [-0.05, 0) is 24.6 Å². The van der Waals surface area contributed by atoms with Crippen LogP contribution < -0.4 is 10.6 Å². The lowest BCUT2D eigenvalue weighted by molar-refractivity contribution is -0.137. The number of carbonyl (C=O) groups excluding carboxylic acids is 2. The largest absolute Gasteiger partial charge is 0.418 e. The molecule has 2 aromatic carbocycles. The first-order valence-corrected chi connectivity index (χ1v) is 9.15. The summed E-state index contributed by atoms with van der Waals surface area (Å²) in [4.78, 5) is 24.8. The number of hydrogen-bond acceptors (Lipinski definition) is 3. The fraction of sp³-hybridized carbons (Fsp3) is 0.190. The monoisotopic (exact) mass is 414 g/mol. The second-order valence-corrected chi connectivity index (χ2v) is 7.02. The number of hydrogen-bond donors (Lipinski definition) is 2. The van der Waals surface area contributed by atoms with Gasteiger partial charge in [-0.25, -0.2) is 4.68 Å². The zero-order valence-corrected chi connectivity index (χ0v) is 15.8. The van der Waals surface area contributed by atoms with Gasteiger partial charge in [-0.3, -0.25) is 9.59 Å². The molecular formula is C21H17F3N4O2. The molecule has 0 saturated heterocycles. The van der Waals surface area contributed by atoms with Crippen LogP contribution in [-0.2, 0) is 15.8 Å². The minimum atomic E-state index is -4.60. The summed E-state index contributed by atoms with van der Waals surface area (Å²) >= 11 is 0. The number of rotatable bonds is 4. The first kappa shape index (κ1) is 19.7. The molecule has 6 nitrogen and oxygen atoms in total. The van der Waals surface area contributed by atoms with Crippen molar-refractivity contribution in [1.29, 1.82) is 0 Å². The molecule has 1 aromatic heterocycles. The zero-order valence-electron chi connectivity index (χ0n) is 15.8. The van der Waals surface area contributed by atoms with Gasteiger partial charge in [0.2, 0.25) is 5.91 Å². The molecule has 9 heteroatoms. The third kappa shape index (κ3) is 3.66. The van der Waals surface area contributed by atoms with Crippen molar-refractivity contribution in [3.8, 4) is 11.1 Å². The molecule has 154 valence electrons. The van der Waals surface area contributed by atoms with E-state index in [1.54, 1.807) is 6.20 Å². The Balaban J connectivity index is 1.54. The quantitative estimate of drug-likeness (QED) is 0.665. The number of halogens is 3. The number of fused-ring (bicyclic) bond motifs is 1. The summed E-state index contributed by atoms with van der Waals surface area (Å²) in [6.45, 7) is 1.96. The molecule has 4 rings (SSSR count). The zero-order chi connectivity index (χ0) is 21.5. The normalized spacial score (nSPS) is 15.6. The molecule has 1 atom stereocenters. The van der Waals surface area contributed by atoms with Crippen molar-refractivity contribution in [2.75, 3.05) is 10.6 Å². The second-order valence-electron chi connectivity index (χ2n) is 7.02. The summed E-state index contributed by atoms with van der Waals surface area (Å²) in [7, 11) is 0. The summed E-state index contributed by atoms with van der Waals surface area (Å²) in [6, 6.07) is 11.4. The molecule has 30 heavy (non-hydrogen) atoms. The van der Waals surface area contributed by atoms with Crippen molar-refractivity contribution in [2.45, 2.75) is 25.6 Å². The molecule has 0 spiro atoms. The van der Waals surface area contributed by atoms with E-state index >= 15 is 0 Å². The Morgan fingerprint density at radius 2 is 1.87 bits per heavy atom. The van der Waals surface area contributed by atoms with Gasteiger partial charge in [0.15, 0.2) is 0 Å². The Bertz CT molecular complexity index is 1120. The van der Waals surface area contributed by atoms with Crippen molar-refractivity contribution >= 4 is 23.3 Å². The van der Waals surface area contributed by atoms with Gasteiger partial charge in [0.25, 0.3) is 5.91 Å². The number of carbonyl (C=O) groups is 2. The van der Waals surface area contributed by atoms with E-state index in [1.165, 1.54) is 22.9 Å². The van der Waals surface area contributed by atoms with Crippen LogP contribution in [0.5, 0.6) is 0 Å². The van der Waals surface area contributed by atoms with Gasteiger partial charge in [0.05, 0.1) is 23.9 Å². The predicted molar refractivity (Wildman–Crippen MR) is 105 cm³/mol. The van der Waals surface area contributed by atoms with Gasteiger partial charge < -0.3 is 10.6 Å². The van der Waals surface area contributed by atoms with Crippen LogP contribution in [0.25, 0.3) is 11.1 Å². The molecule has 0 fully saturated rings. The number of aryl methyl sites for hydroxylation is 1. The summed E-state index contributed by atoms with van der Waals surface area (Å²) in [6.07, 6.45) is -3.37. The molecular weight excluding hydrogens is 397 g/mol. The van der Waals surface area contributed by atoms with Gasteiger partial charge in [0.1, 0.15) is 11.9 Å². The van der Waals surface area contributed by atoms with E-state index in [4.69, 9.17) is 0 Å². The van der Waals surface area contributed by atoms with Crippen molar-refractivity contribution in [3.63, 3.8) is 0 Å². The fourth-order valence-electron chi connectivity index (χ4n) is 3.37. The van der Waals surface area contributed by atoms with Crippen molar-refractivity contribution in [2.24, 2.45) is 0 Å². The molecule has 1 aliphatic heterocycles. The van der Waals surface area contributed by atoms with Crippen LogP contribution >= 0.6 is 0 Å². The minimum Gasteiger partial charge on any atom is -0.325 e. The highest BCUT2D eigenvalue weighted by Gasteiger charge is 2.36. The highest BCUT2D eigenvalue weighted by molar-refractivity contribution is 6.04. The lowest BCUT2D eigenvalue weighted by Crippen LogP contribution is -2.24. The third-order valence-corrected chi connectivity index (χ3v) is 4.88. The second kappa shape index (κ2) is 7.33. The number of aromatic nitrogens is 2. The van der Waals surface area contributed by atoms with Crippen LogP contribution in [0.3, 0.4) is 0 Å². The van der Waals surface area contributed by atoms with Crippen LogP contribution in [0.4, 0.5) is 24.7 Å². The van der Waals surface area contributed by atoms with E-state index in [0.29, 0.717) is 11.4 Å². The molecule has 1 unspecified atom stereocenters. The van der Waals surface area contributed by atoms with Crippen LogP contribution in [-0.4, -0.2) is 21.6 Å². The molecule has 2 amide bonds. The topological polar surface area (TPSA) is 76.0 Å². The van der Waals surface area contributed by atoms with Gasteiger partial charge >= 0.3 is 6.18 Å². The first-order valence-electron chi connectivity index (χ1n) is 9.15. The molecule has 2 N–H and O–H groups in total. The van der Waals surface area contributed by atoms with Gasteiger partial charge in [0, 0.05) is 5.56 Å². The highest BCUT2D eigenvalue weighted by atomic mass is 19.4. The third-order valence-electron chi connectivity index (χ3n) is 4.88. The minimum absolute atomic E-state index is 0.347. The van der Waals surface area contributed by atoms with E-state index in [9.17, 15) is 22.8 Å². The predicted octanol–water partition coefficient (Wildman–Crippen LogP) is 4.40. The smallest absolute Gasteiger partial charge is 0.325 e. The van der Waals surface area contributed by atoms with Crippen LogP contribution in [0.2, 0.25) is 0 Å².